The van der Waals surface area contributed by atoms with Crippen LogP contribution in [0.4, 0.5) is 0 Å². The van der Waals surface area contributed by atoms with Crippen LogP contribution in [0.3, 0.4) is 0 Å². The largest absolute Gasteiger partial charge is 0.317 e. The zero-order chi connectivity index (χ0) is 8.53. The highest BCUT2D eigenvalue weighted by Gasteiger charge is 1.96. The number of amides is 1. The van der Waals surface area contributed by atoms with Crippen LogP contribution in [0.25, 0.3) is 0 Å². The minimum absolute atomic E-state index is 0.316. The van der Waals surface area contributed by atoms with Crippen molar-refractivity contribution in [3.05, 3.63) is 0 Å². The van der Waals surface area contributed by atoms with Gasteiger partial charge in [-0.3, -0.25) is 10.0 Å². The summed E-state index contributed by atoms with van der Waals surface area (Å²) < 4.78 is 0. The maximum absolute atomic E-state index is 10.5. The van der Waals surface area contributed by atoms with E-state index in [2.05, 4.69) is 12.2 Å². The average molecular weight is 160 g/mol. The molecular weight excluding hydrogens is 144 g/mol. The van der Waals surface area contributed by atoms with Crippen molar-refractivity contribution in [1.82, 2.24) is 10.8 Å². The maximum Gasteiger partial charge on any atom is 0.243 e. The summed E-state index contributed by atoms with van der Waals surface area (Å²) in [5, 5.41) is 11.3. The zero-order valence-electron chi connectivity index (χ0n) is 6.89. The molecule has 66 valence electrons. The van der Waals surface area contributed by atoms with Gasteiger partial charge >= 0.3 is 0 Å². The van der Waals surface area contributed by atoms with Gasteiger partial charge in [0.2, 0.25) is 5.91 Å². The van der Waals surface area contributed by atoms with Crippen molar-refractivity contribution in [2.24, 2.45) is 0 Å². The predicted molar refractivity (Wildman–Crippen MR) is 42.3 cm³/mol. The van der Waals surface area contributed by atoms with Gasteiger partial charge in [-0.15, -0.1) is 0 Å². The molecule has 3 N–H and O–H groups in total. The van der Waals surface area contributed by atoms with Crippen LogP contribution in [0.15, 0.2) is 0 Å². The van der Waals surface area contributed by atoms with E-state index in [4.69, 9.17) is 5.21 Å². The van der Waals surface area contributed by atoms with E-state index in [0.29, 0.717) is 6.42 Å². The molecule has 0 bridgehead atoms. The van der Waals surface area contributed by atoms with E-state index in [-0.39, 0.29) is 5.91 Å². The number of nitrogens with one attached hydrogen (secondary N) is 2. The van der Waals surface area contributed by atoms with Crippen LogP contribution in [0.1, 0.15) is 26.2 Å². The Morgan fingerprint density at radius 3 is 2.73 bits per heavy atom. The number of carbonyl (C=O) groups excluding carboxylic acids is 1. The van der Waals surface area contributed by atoms with E-state index in [1.165, 1.54) is 0 Å². The van der Waals surface area contributed by atoms with Crippen LogP contribution in [-0.4, -0.2) is 24.2 Å². The summed E-state index contributed by atoms with van der Waals surface area (Å²) in [5.74, 6) is -0.316. The van der Waals surface area contributed by atoms with E-state index < -0.39 is 0 Å². The Balaban J connectivity index is 2.95. The van der Waals surface area contributed by atoms with E-state index >= 15 is 0 Å². The molecule has 4 nitrogen and oxygen atoms in total. The van der Waals surface area contributed by atoms with Crippen molar-refractivity contribution in [2.45, 2.75) is 26.2 Å². The third-order valence-corrected chi connectivity index (χ3v) is 1.31. The molecule has 0 aliphatic rings. The molecule has 0 atom stereocenters. The van der Waals surface area contributed by atoms with Gasteiger partial charge in [-0.1, -0.05) is 6.92 Å². The van der Waals surface area contributed by atoms with Gasteiger partial charge in [-0.2, -0.15) is 0 Å². The Hall–Kier alpha value is -0.610. The van der Waals surface area contributed by atoms with Gasteiger partial charge in [-0.05, 0) is 25.9 Å². The van der Waals surface area contributed by atoms with Gasteiger partial charge in [0.05, 0.1) is 0 Å². The second kappa shape index (κ2) is 7.50. The first-order chi connectivity index (χ1) is 5.31. The minimum atomic E-state index is -0.316. The molecule has 0 aromatic rings. The second-order valence-corrected chi connectivity index (χ2v) is 2.39. The van der Waals surface area contributed by atoms with Gasteiger partial charge < -0.3 is 5.32 Å². The van der Waals surface area contributed by atoms with Gasteiger partial charge in [0.25, 0.3) is 0 Å². The van der Waals surface area contributed by atoms with Crippen LogP contribution >= 0.6 is 0 Å². The number of hydrogen-bond acceptors (Lipinski definition) is 3. The van der Waals surface area contributed by atoms with Gasteiger partial charge in [-0.25, -0.2) is 5.48 Å². The third kappa shape index (κ3) is 7.29. The molecule has 0 saturated carbocycles. The molecule has 4 heteroatoms. The zero-order valence-corrected chi connectivity index (χ0v) is 6.89. The summed E-state index contributed by atoms with van der Waals surface area (Å²) >= 11 is 0. The van der Waals surface area contributed by atoms with Crippen molar-refractivity contribution in [2.75, 3.05) is 13.1 Å². The Morgan fingerprint density at radius 2 is 2.18 bits per heavy atom. The Bertz CT molecular complexity index is 107. The average Bonchev–Trinajstić information content (AvgIpc) is 2.04. The fourth-order valence-corrected chi connectivity index (χ4v) is 0.732. The van der Waals surface area contributed by atoms with Crippen LogP contribution in [0.5, 0.6) is 0 Å². The van der Waals surface area contributed by atoms with E-state index in [1.54, 1.807) is 5.48 Å². The lowest BCUT2D eigenvalue weighted by Crippen LogP contribution is -2.21. The number of hydrogen-bond donors (Lipinski definition) is 3. The Kier molecular flexibility index (Phi) is 7.08. The molecule has 0 fully saturated rings. The Labute approximate surface area is 66.9 Å². The number of carbonyl (C=O) groups is 1. The van der Waals surface area contributed by atoms with Crippen LogP contribution in [-0.2, 0) is 4.79 Å². The second-order valence-electron chi connectivity index (χ2n) is 2.39. The van der Waals surface area contributed by atoms with Crippen molar-refractivity contribution in [3.63, 3.8) is 0 Å². The Morgan fingerprint density at radius 1 is 1.45 bits per heavy atom. The predicted octanol–water partition coefficient (Wildman–Crippen LogP) is 0.272. The lowest BCUT2D eigenvalue weighted by Gasteiger charge is -2.00. The van der Waals surface area contributed by atoms with Crippen LogP contribution < -0.4 is 10.8 Å². The highest BCUT2D eigenvalue weighted by atomic mass is 16.5. The summed E-state index contributed by atoms with van der Waals surface area (Å²) in [4.78, 5) is 10.5. The summed E-state index contributed by atoms with van der Waals surface area (Å²) in [5.41, 5.74) is 1.59. The third-order valence-electron chi connectivity index (χ3n) is 1.31. The lowest BCUT2D eigenvalue weighted by molar-refractivity contribution is -0.129. The molecule has 0 radical (unpaired) electrons. The van der Waals surface area contributed by atoms with Gasteiger partial charge in [0.15, 0.2) is 0 Å². The fourth-order valence-electron chi connectivity index (χ4n) is 0.732. The van der Waals surface area contributed by atoms with Crippen molar-refractivity contribution < 1.29 is 10.0 Å². The topological polar surface area (TPSA) is 61.4 Å². The van der Waals surface area contributed by atoms with E-state index in [0.717, 1.165) is 25.9 Å². The molecule has 0 spiro atoms. The summed E-state index contributed by atoms with van der Waals surface area (Å²) in [6, 6.07) is 0. The van der Waals surface area contributed by atoms with Gasteiger partial charge in [0.1, 0.15) is 0 Å². The summed E-state index contributed by atoms with van der Waals surface area (Å²) in [7, 11) is 0. The minimum Gasteiger partial charge on any atom is -0.317 e. The molecule has 0 aromatic heterocycles. The molecule has 0 rings (SSSR count). The monoisotopic (exact) mass is 160 g/mol. The van der Waals surface area contributed by atoms with Crippen LogP contribution in [0, 0.1) is 0 Å². The molecule has 11 heavy (non-hydrogen) atoms. The molecule has 1 amide bonds. The first-order valence-corrected chi connectivity index (χ1v) is 3.95. The molecule has 0 unspecified atom stereocenters. The van der Waals surface area contributed by atoms with E-state index in [9.17, 15) is 4.79 Å². The molecule has 0 aromatic carbocycles. The number of hydroxylamine groups is 1. The molecule has 0 aliphatic carbocycles. The highest BCUT2D eigenvalue weighted by Crippen LogP contribution is 1.85. The molecular formula is C7H16N2O2. The maximum atomic E-state index is 10.5. The van der Waals surface area contributed by atoms with Crippen LogP contribution in [0.2, 0.25) is 0 Å². The lowest BCUT2D eigenvalue weighted by atomic mass is 10.3. The van der Waals surface area contributed by atoms with Crippen molar-refractivity contribution >= 4 is 5.91 Å². The first kappa shape index (κ1) is 10.4. The quantitative estimate of drug-likeness (QED) is 0.297. The summed E-state index contributed by atoms with van der Waals surface area (Å²) in [6.45, 7) is 3.91. The van der Waals surface area contributed by atoms with Crippen molar-refractivity contribution in [1.29, 1.82) is 0 Å². The first-order valence-electron chi connectivity index (χ1n) is 3.95. The molecule has 0 aliphatic heterocycles. The summed E-state index contributed by atoms with van der Waals surface area (Å²) in [6.07, 6.45) is 2.26. The molecule has 0 heterocycles. The van der Waals surface area contributed by atoms with Gasteiger partial charge in [0, 0.05) is 6.42 Å². The highest BCUT2D eigenvalue weighted by molar-refractivity contribution is 5.74. The number of rotatable bonds is 6. The SMILES string of the molecule is CCCNCCCC(=O)NO. The smallest absolute Gasteiger partial charge is 0.243 e. The molecule has 0 saturated heterocycles. The standard InChI is InChI=1S/C7H16N2O2/c1-2-5-8-6-3-4-7(10)9-11/h8,11H,2-6H2,1H3,(H,9,10). The normalized spacial score (nSPS) is 9.64. The van der Waals surface area contributed by atoms with Crippen molar-refractivity contribution in [3.8, 4) is 0 Å². The fraction of sp³-hybridized carbons (Fsp3) is 0.857. The van der Waals surface area contributed by atoms with E-state index in [1.807, 2.05) is 0 Å².